The summed E-state index contributed by atoms with van der Waals surface area (Å²) < 4.78 is 5.45. The average molecular weight is 271 g/mol. The molecule has 1 aliphatic carbocycles. The second-order valence-corrected chi connectivity index (χ2v) is 5.78. The van der Waals surface area contributed by atoms with Crippen LogP contribution in [0.2, 0.25) is 0 Å². The Hall–Kier alpha value is -1.68. The van der Waals surface area contributed by atoms with Crippen LogP contribution in [0.25, 0.3) is 0 Å². The van der Waals surface area contributed by atoms with Crippen LogP contribution in [0, 0.1) is 6.92 Å². The van der Waals surface area contributed by atoms with Gasteiger partial charge >= 0.3 is 0 Å². The van der Waals surface area contributed by atoms with Crippen LogP contribution in [0.3, 0.4) is 0 Å². The molecule has 0 amide bonds. The molecule has 0 radical (unpaired) electrons. The van der Waals surface area contributed by atoms with E-state index in [4.69, 9.17) is 10.3 Å². The van der Waals surface area contributed by atoms with Crippen LogP contribution in [0.4, 0.5) is 0 Å². The maximum absolute atomic E-state index is 6.02. The topological polar surface area (TPSA) is 64.9 Å². The van der Waals surface area contributed by atoms with E-state index in [9.17, 15) is 0 Å². The fourth-order valence-electron chi connectivity index (χ4n) is 2.94. The highest BCUT2D eigenvalue weighted by molar-refractivity contribution is 5.28. The van der Waals surface area contributed by atoms with Crippen molar-refractivity contribution in [2.75, 3.05) is 0 Å². The molecule has 0 bridgehead atoms. The second-order valence-electron chi connectivity index (χ2n) is 5.78. The number of rotatable bonds is 3. The van der Waals surface area contributed by atoms with E-state index in [1.807, 2.05) is 12.1 Å². The summed E-state index contributed by atoms with van der Waals surface area (Å²) in [5.41, 5.74) is 8.54. The molecule has 2 unspecified atom stereocenters. The Morgan fingerprint density at radius 3 is 2.95 bits per heavy atom. The van der Waals surface area contributed by atoms with Gasteiger partial charge in [0.15, 0.2) is 5.82 Å². The Kier molecular flexibility index (Phi) is 3.83. The normalized spacial score (nSPS) is 22.9. The van der Waals surface area contributed by atoms with E-state index in [2.05, 4.69) is 29.2 Å². The number of nitrogens with zero attached hydrogens (tertiary/aromatic N) is 2. The lowest BCUT2D eigenvalue weighted by atomic mass is 9.86. The molecule has 0 spiro atoms. The van der Waals surface area contributed by atoms with Crippen LogP contribution in [0.5, 0.6) is 0 Å². The van der Waals surface area contributed by atoms with Crippen LogP contribution < -0.4 is 5.73 Å². The van der Waals surface area contributed by atoms with Gasteiger partial charge in [0.05, 0.1) is 0 Å². The lowest BCUT2D eigenvalue weighted by Crippen LogP contribution is -2.26. The SMILES string of the molecule is Cc1ccccc1Cc1noc(C2CCCC(N)C2)n1. The fourth-order valence-corrected chi connectivity index (χ4v) is 2.94. The highest BCUT2D eigenvalue weighted by Crippen LogP contribution is 2.31. The standard InChI is InChI=1S/C16H21N3O/c1-11-5-2-3-6-12(11)10-15-18-16(20-19-15)13-7-4-8-14(17)9-13/h2-3,5-6,13-14H,4,7-10,17H2,1H3. The molecule has 0 aliphatic heterocycles. The third kappa shape index (κ3) is 2.90. The van der Waals surface area contributed by atoms with Gasteiger partial charge in [-0.2, -0.15) is 4.98 Å². The Labute approximate surface area is 119 Å². The quantitative estimate of drug-likeness (QED) is 0.932. The van der Waals surface area contributed by atoms with E-state index >= 15 is 0 Å². The number of aromatic nitrogens is 2. The number of hydrogen-bond donors (Lipinski definition) is 1. The fraction of sp³-hybridized carbons (Fsp3) is 0.500. The number of hydrogen-bond acceptors (Lipinski definition) is 4. The maximum atomic E-state index is 6.02. The molecular weight excluding hydrogens is 250 g/mol. The van der Waals surface area contributed by atoms with E-state index in [1.165, 1.54) is 11.1 Å². The Balaban J connectivity index is 1.72. The Morgan fingerprint density at radius 2 is 2.15 bits per heavy atom. The van der Waals surface area contributed by atoms with Gasteiger partial charge in [-0.25, -0.2) is 0 Å². The van der Waals surface area contributed by atoms with Gasteiger partial charge in [0.2, 0.25) is 5.89 Å². The Bertz CT molecular complexity index is 579. The number of nitrogens with two attached hydrogens (primary N) is 1. The molecule has 2 atom stereocenters. The van der Waals surface area contributed by atoms with Crippen molar-refractivity contribution in [1.29, 1.82) is 0 Å². The smallest absolute Gasteiger partial charge is 0.229 e. The molecule has 1 aromatic carbocycles. The number of benzene rings is 1. The molecule has 1 aliphatic rings. The average Bonchev–Trinajstić information content (AvgIpc) is 2.90. The van der Waals surface area contributed by atoms with Crippen LogP contribution in [0.15, 0.2) is 28.8 Å². The van der Waals surface area contributed by atoms with Gasteiger partial charge in [0.1, 0.15) is 0 Å². The summed E-state index contributed by atoms with van der Waals surface area (Å²) in [4.78, 5) is 4.57. The third-order valence-corrected chi connectivity index (χ3v) is 4.16. The van der Waals surface area contributed by atoms with Crippen molar-refractivity contribution in [2.24, 2.45) is 5.73 Å². The third-order valence-electron chi connectivity index (χ3n) is 4.16. The molecule has 2 aromatic rings. The van der Waals surface area contributed by atoms with Gasteiger partial charge in [-0.3, -0.25) is 0 Å². The molecule has 0 saturated heterocycles. The largest absolute Gasteiger partial charge is 0.339 e. The lowest BCUT2D eigenvalue weighted by molar-refractivity contribution is 0.297. The van der Waals surface area contributed by atoms with Crippen LogP contribution >= 0.6 is 0 Å². The molecule has 106 valence electrons. The summed E-state index contributed by atoms with van der Waals surface area (Å²) in [5.74, 6) is 1.88. The summed E-state index contributed by atoms with van der Waals surface area (Å²) in [6.07, 6.45) is 5.07. The van der Waals surface area contributed by atoms with Crippen molar-refractivity contribution >= 4 is 0 Å². The summed E-state index contributed by atoms with van der Waals surface area (Å²) in [6.45, 7) is 2.11. The Morgan fingerprint density at radius 1 is 1.30 bits per heavy atom. The van der Waals surface area contributed by atoms with Gasteiger partial charge in [-0.1, -0.05) is 35.8 Å². The monoisotopic (exact) mass is 271 g/mol. The van der Waals surface area contributed by atoms with Crippen molar-refractivity contribution in [2.45, 2.75) is 51.0 Å². The molecular formula is C16H21N3O. The minimum Gasteiger partial charge on any atom is -0.339 e. The molecule has 3 rings (SSSR count). The second kappa shape index (κ2) is 5.75. The summed E-state index contributed by atoms with van der Waals surface area (Å²) >= 11 is 0. The van der Waals surface area contributed by atoms with Crippen LogP contribution in [-0.2, 0) is 6.42 Å². The highest BCUT2D eigenvalue weighted by Gasteiger charge is 2.25. The molecule has 1 fully saturated rings. The van der Waals surface area contributed by atoms with Gasteiger partial charge < -0.3 is 10.3 Å². The summed E-state index contributed by atoms with van der Waals surface area (Å²) in [7, 11) is 0. The van der Waals surface area contributed by atoms with Crippen LogP contribution in [-0.4, -0.2) is 16.2 Å². The molecule has 4 nitrogen and oxygen atoms in total. The first kappa shape index (κ1) is 13.3. The van der Waals surface area contributed by atoms with Crippen molar-refractivity contribution in [3.8, 4) is 0 Å². The molecule has 1 heterocycles. The minimum absolute atomic E-state index is 0.278. The van der Waals surface area contributed by atoms with Crippen molar-refractivity contribution < 1.29 is 4.52 Å². The maximum Gasteiger partial charge on any atom is 0.229 e. The molecule has 20 heavy (non-hydrogen) atoms. The zero-order valence-corrected chi connectivity index (χ0v) is 11.9. The molecule has 2 N–H and O–H groups in total. The van der Waals surface area contributed by atoms with E-state index in [0.717, 1.165) is 43.8 Å². The number of aryl methyl sites for hydroxylation is 1. The van der Waals surface area contributed by atoms with Gasteiger partial charge in [0, 0.05) is 18.4 Å². The minimum atomic E-state index is 0.278. The molecule has 1 aromatic heterocycles. The molecule has 4 heteroatoms. The van der Waals surface area contributed by atoms with Crippen molar-refractivity contribution in [3.05, 3.63) is 47.1 Å². The summed E-state index contributed by atoms with van der Waals surface area (Å²) in [6, 6.07) is 8.59. The van der Waals surface area contributed by atoms with E-state index in [0.29, 0.717) is 5.92 Å². The van der Waals surface area contributed by atoms with Gasteiger partial charge in [0.25, 0.3) is 0 Å². The highest BCUT2D eigenvalue weighted by atomic mass is 16.5. The molecule has 1 saturated carbocycles. The van der Waals surface area contributed by atoms with Gasteiger partial charge in [-0.05, 0) is 37.3 Å². The first-order chi connectivity index (χ1) is 9.72. The first-order valence-electron chi connectivity index (χ1n) is 7.35. The first-order valence-corrected chi connectivity index (χ1v) is 7.35. The summed E-state index contributed by atoms with van der Waals surface area (Å²) in [5, 5.41) is 4.13. The zero-order valence-electron chi connectivity index (χ0n) is 11.9. The predicted octanol–water partition coefficient (Wildman–Crippen LogP) is 2.95. The zero-order chi connectivity index (χ0) is 13.9. The lowest BCUT2D eigenvalue weighted by Gasteiger charge is -2.23. The van der Waals surface area contributed by atoms with Crippen LogP contribution in [0.1, 0.15) is 54.4 Å². The van der Waals surface area contributed by atoms with E-state index in [-0.39, 0.29) is 6.04 Å². The van der Waals surface area contributed by atoms with Crippen molar-refractivity contribution in [1.82, 2.24) is 10.1 Å². The predicted molar refractivity (Wildman–Crippen MR) is 77.5 cm³/mol. The van der Waals surface area contributed by atoms with Gasteiger partial charge in [-0.15, -0.1) is 0 Å². The van der Waals surface area contributed by atoms with Crippen molar-refractivity contribution in [3.63, 3.8) is 0 Å². The van der Waals surface area contributed by atoms with E-state index in [1.54, 1.807) is 0 Å². The van der Waals surface area contributed by atoms with E-state index < -0.39 is 0 Å².